The summed E-state index contributed by atoms with van der Waals surface area (Å²) in [6.45, 7) is 4.14. The van der Waals surface area contributed by atoms with E-state index in [0.717, 1.165) is 27.7 Å². The van der Waals surface area contributed by atoms with Crippen molar-refractivity contribution in [1.29, 1.82) is 5.41 Å². The Bertz CT molecular complexity index is 602. The van der Waals surface area contributed by atoms with Crippen LogP contribution in [0.5, 0.6) is 5.75 Å². The number of methoxy groups -OCH3 is 1. The number of ether oxygens (including phenoxy) is 1. The number of amidine groups is 1. The molecule has 20 heavy (non-hydrogen) atoms. The Balaban J connectivity index is 2.24. The molecule has 4 nitrogen and oxygen atoms in total. The Hall–Kier alpha value is -1.88. The van der Waals surface area contributed by atoms with Gasteiger partial charge in [0.05, 0.1) is 22.7 Å². The zero-order valence-corrected chi connectivity index (χ0v) is 12.8. The maximum absolute atomic E-state index is 7.65. The highest BCUT2D eigenvalue weighted by atomic mass is 32.1. The van der Waals surface area contributed by atoms with Crippen LogP contribution in [-0.4, -0.2) is 17.9 Å². The van der Waals surface area contributed by atoms with E-state index in [2.05, 4.69) is 18.8 Å². The quantitative estimate of drug-likeness (QED) is 0.656. The van der Waals surface area contributed by atoms with Crippen LogP contribution in [0.4, 0.5) is 0 Å². The second kappa shape index (κ2) is 6.05. The Morgan fingerprint density at radius 1 is 1.35 bits per heavy atom. The molecule has 0 unspecified atom stereocenters. The van der Waals surface area contributed by atoms with Gasteiger partial charge in [0.2, 0.25) is 0 Å². The van der Waals surface area contributed by atoms with Crippen molar-refractivity contribution in [2.75, 3.05) is 7.11 Å². The highest BCUT2D eigenvalue weighted by Gasteiger charge is 2.16. The summed E-state index contributed by atoms with van der Waals surface area (Å²) in [5.74, 6) is 1.22. The number of thiazole rings is 1. The first kappa shape index (κ1) is 14.5. The van der Waals surface area contributed by atoms with Crippen molar-refractivity contribution in [3.63, 3.8) is 0 Å². The summed E-state index contributed by atoms with van der Waals surface area (Å²) in [5.41, 5.74) is 7.73. The van der Waals surface area contributed by atoms with Gasteiger partial charge in [0.15, 0.2) is 0 Å². The molecule has 0 atom stereocenters. The molecule has 0 bridgehead atoms. The lowest BCUT2D eigenvalue weighted by Gasteiger charge is -2.02. The third kappa shape index (κ3) is 3.17. The number of benzene rings is 1. The highest BCUT2D eigenvalue weighted by molar-refractivity contribution is 7.13. The van der Waals surface area contributed by atoms with Crippen LogP contribution < -0.4 is 10.5 Å². The predicted molar refractivity (Wildman–Crippen MR) is 83.0 cm³/mol. The minimum absolute atomic E-state index is 0.104. The largest absolute Gasteiger partial charge is 0.497 e. The number of nitrogens with two attached hydrogens (primary N) is 1. The van der Waals surface area contributed by atoms with Gasteiger partial charge in [-0.05, 0) is 23.6 Å². The number of nitrogen functional groups attached to an aromatic ring is 1. The fourth-order valence-electron chi connectivity index (χ4n) is 1.96. The van der Waals surface area contributed by atoms with Crippen LogP contribution in [0.15, 0.2) is 24.3 Å². The molecule has 0 saturated carbocycles. The van der Waals surface area contributed by atoms with Crippen LogP contribution >= 0.6 is 11.3 Å². The maximum atomic E-state index is 7.65. The lowest BCUT2D eigenvalue weighted by atomic mass is 10.1. The third-order valence-electron chi connectivity index (χ3n) is 3.00. The zero-order chi connectivity index (χ0) is 14.7. The first-order valence-electron chi connectivity index (χ1n) is 6.48. The molecular weight excluding hydrogens is 270 g/mol. The fourth-order valence-corrected chi connectivity index (χ4v) is 3.07. The van der Waals surface area contributed by atoms with E-state index in [0.29, 0.717) is 0 Å². The summed E-state index contributed by atoms with van der Waals surface area (Å²) >= 11 is 1.51. The van der Waals surface area contributed by atoms with Gasteiger partial charge in [-0.25, -0.2) is 4.98 Å². The van der Waals surface area contributed by atoms with E-state index in [1.165, 1.54) is 16.9 Å². The van der Waals surface area contributed by atoms with Crippen LogP contribution in [-0.2, 0) is 6.42 Å². The van der Waals surface area contributed by atoms with Gasteiger partial charge in [-0.15, -0.1) is 11.3 Å². The predicted octanol–water partition coefficient (Wildman–Crippen LogP) is 3.15. The van der Waals surface area contributed by atoms with Crippen LogP contribution in [0, 0.1) is 5.41 Å². The number of nitrogens with zero attached hydrogens (tertiary/aromatic N) is 1. The van der Waals surface area contributed by atoms with E-state index in [9.17, 15) is 0 Å². The van der Waals surface area contributed by atoms with Gasteiger partial charge in [-0.1, -0.05) is 26.0 Å². The minimum atomic E-state index is 0.104. The molecule has 1 aromatic carbocycles. The van der Waals surface area contributed by atoms with Gasteiger partial charge in [0, 0.05) is 6.42 Å². The Kier molecular flexibility index (Phi) is 4.39. The molecule has 3 N–H and O–H groups in total. The van der Waals surface area contributed by atoms with Crippen molar-refractivity contribution in [2.24, 2.45) is 5.73 Å². The van der Waals surface area contributed by atoms with Gasteiger partial charge in [0.1, 0.15) is 11.6 Å². The molecule has 0 aliphatic carbocycles. The highest BCUT2D eigenvalue weighted by Crippen LogP contribution is 2.26. The average molecular weight is 289 g/mol. The van der Waals surface area contributed by atoms with Gasteiger partial charge in [0.25, 0.3) is 0 Å². The molecule has 0 fully saturated rings. The fraction of sp³-hybridized carbons (Fsp3) is 0.333. The van der Waals surface area contributed by atoms with Crippen LogP contribution in [0.2, 0.25) is 0 Å². The van der Waals surface area contributed by atoms with Crippen molar-refractivity contribution in [3.05, 3.63) is 45.4 Å². The molecule has 106 valence electrons. The zero-order valence-electron chi connectivity index (χ0n) is 11.9. The lowest BCUT2D eigenvalue weighted by molar-refractivity contribution is 0.414. The lowest BCUT2D eigenvalue weighted by Crippen LogP contribution is -2.12. The summed E-state index contributed by atoms with van der Waals surface area (Å²) < 4.78 is 5.15. The van der Waals surface area contributed by atoms with Gasteiger partial charge < -0.3 is 10.5 Å². The third-order valence-corrected chi connectivity index (χ3v) is 4.11. The Morgan fingerprint density at radius 3 is 2.45 bits per heavy atom. The van der Waals surface area contributed by atoms with Crippen LogP contribution in [0.3, 0.4) is 0 Å². The minimum Gasteiger partial charge on any atom is -0.497 e. The number of nitrogens with one attached hydrogen (secondary N) is 1. The van der Waals surface area contributed by atoms with Crippen LogP contribution in [0.1, 0.15) is 40.9 Å². The number of aromatic nitrogens is 1. The standard InChI is InChI=1S/C15H19N3OS/c1-9(2)13-14(15(16)17)20-12(18-13)8-10-4-6-11(19-3)7-5-10/h4-7,9H,8H2,1-3H3,(H3,16,17). The second-order valence-corrected chi connectivity index (χ2v) is 6.00. The number of rotatable bonds is 5. The SMILES string of the molecule is COc1ccc(Cc2nc(C(C)C)c(C(=N)N)s2)cc1. The van der Waals surface area contributed by atoms with E-state index in [1.807, 2.05) is 24.3 Å². The van der Waals surface area contributed by atoms with Crippen molar-refractivity contribution in [2.45, 2.75) is 26.2 Å². The number of hydrogen-bond acceptors (Lipinski definition) is 4. The van der Waals surface area contributed by atoms with Gasteiger partial charge in [-0.3, -0.25) is 5.41 Å². The number of hydrogen-bond donors (Lipinski definition) is 2. The molecule has 1 aromatic heterocycles. The monoisotopic (exact) mass is 289 g/mol. The molecule has 5 heteroatoms. The average Bonchev–Trinajstić information content (AvgIpc) is 2.84. The summed E-state index contributed by atoms with van der Waals surface area (Å²) in [7, 11) is 1.66. The molecule has 0 radical (unpaired) electrons. The molecular formula is C15H19N3OS. The second-order valence-electron chi connectivity index (χ2n) is 4.92. The van der Waals surface area contributed by atoms with E-state index in [1.54, 1.807) is 7.11 Å². The van der Waals surface area contributed by atoms with Crippen molar-refractivity contribution >= 4 is 17.2 Å². The molecule has 0 aliphatic rings. The Labute approximate surface area is 123 Å². The molecule has 0 spiro atoms. The summed E-state index contributed by atoms with van der Waals surface area (Å²) in [6, 6.07) is 7.95. The molecule has 2 aromatic rings. The van der Waals surface area contributed by atoms with Crippen LogP contribution in [0.25, 0.3) is 0 Å². The first-order valence-corrected chi connectivity index (χ1v) is 7.29. The van der Waals surface area contributed by atoms with E-state index in [4.69, 9.17) is 15.9 Å². The normalized spacial score (nSPS) is 10.8. The summed E-state index contributed by atoms with van der Waals surface area (Å²) in [4.78, 5) is 5.43. The maximum Gasteiger partial charge on any atom is 0.135 e. The molecule has 0 saturated heterocycles. The topological polar surface area (TPSA) is 72.0 Å². The van der Waals surface area contributed by atoms with E-state index in [-0.39, 0.29) is 11.8 Å². The molecule has 1 heterocycles. The van der Waals surface area contributed by atoms with Gasteiger partial charge >= 0.3 is 0 Å². The van der Waals surface area contributed by atoms with E-state index < -0.39 is 0 Å². The van der Waals surface area contributed by atoms with Crippen molar-refractivity contribution in [1.82, 2.24) is 4.98 Å². The molecule has 0 aliphatic heterocycles. The Morgan fingerprint density at radius 2 is 2.00 bits per heavy atom. The molecule has 0 amide bonds. The first-order chi connectivity index (χ1) is 9.51. The summed E-state index contributed by atoms with van der Waals surface area (Å²) in [5, 5.41) is 8.64. The van der Waals surface area contributed by atoms with E-state index >= 15 is 0 Å². The van der Waals surface area contributed by atoms with Crippen molar-refractivity contribution < 1.29 is 4.74 Å². The molecule has 2 rings (SSSR count). The smallest absolute Gasteiger partial charge is 0.135 e. The van der Waals surface area contributed by atoms with Gasteiger partial charge in [-0.2, -0.15) is 0 Å². The van der Waals surface area contributed by atoms with Crippen molar-refractivity contribution in [3.8, 4) is 5.75 Å². The summed E-state index contributed by atoms with van der Waals surface area (Å²) in [6.07, 6.45) is 0.752.